The van der Waals surface area contributed by atoms with Gasteiger partial charge in [-0.1, -0.05) is 18.2 Å². The summed E-state index contributed by atoms with van der Waals surface area (Å²) in [5.74, 6) is 0.315. The van der Waals surface area contributed by atoms with E-state index in [1.54, 1.807) is 0 Å². The molecule has 0 aliphatic rings. The quantitative estimate of drug-likeness (QED) is 0.628. The Balaban J connectivity index is 1.33. The number of pyridine rings is 1. The third kappa shape index (κ3) is 5.86. The number of carbonyl (C=O) groups is 2. The summed E-state index contributed by atoms with van der Waals surface area (Å²) in [5, 5.41) is 5.70. The topological polar surface area (TPSA) is 75.5 Å². The van der Waals surface area contributed by atoms with Crippen molar-refractivity contribution in [3.63, 3.8) is 0 Å². The van der Waals surface area contributed by atoms with Gasteiger partial charge < -0.3 is 15.0 Å². The molecule has 0 aliphatic carbocycles. The molecule has 3 aromatic rings. The van der Waals surface area contributed by atoms with Crippen LogP contribution >= 0.6 is 11.8 Å². The predicted octanol–water partition coefficient (Wildman–Crippen LogP) is 2.67. The van der Waals surface area contributed by atoms with Crippen molar-refractivity contribution in [2.45, 2.75) is 13.3 Å². The maximum absolute atomic E-state index is 11.9. The number of anilines is 1. The second-order valence-electron chi connectivity index (χ2n) is 6.21. The summed E-state index contributed by atoms with van der Waals surface area (Å²) in [6.07, 6.45) is 4.58. The lowest BCUT2D eigenvalue weighted by Crippen LogP contribution is -2.28. The minimum Gasteiger partial charge on any atom is -0.355 e. The summed E-state index contributed by atoms with van der Waals surface area (Å²) in [5.41, 5.74) is 3.70. The molecule has 7 heteroatoms. The molecule has 0 saturated heterocycles. The lowest BCUT2D eigenvalue weighted by Gasteiger charge is -2.06. The molecule has 2 aromatic heterocycles. The van der Waals surface area contributed by atoms with Gasteiger partial charge in [-0.3, -0.25) is 9.59 Å². The maximum atomic E-state index is 11.9. The van der Waals surface area contributed by atoms with Crippen LogP contribution in [0.25, 0.3) is 5.65 Å². The molecule has 2 amide bonds. The monoisotopic (exact) mass is 382 g/mol. The lowest BCUT2D eigenvalue weighted by molar-refractivity contribution is -0.118. The van der Waals surface area contributed by atoms with E-state index in [2.05, 4.69) is 15.6 Å². The molecule has 1 aromatic carbocycles. The largest absolute Gasteiger partial charge is 0.355 e. The molecule has 6 nitrogen and oxygen atoms in total. The highest BCUT2D eigenvalue weighted by Gasteiger charge is 2.07. The van der Waals surface area contributed by atoms with Gasteiger partial charge in [-0.05, 0) is 36.8 Å². The van der Waals surface area contributed by atoms with Crippen molar-refractivity contribution in [3.05, 3.63) is 66.1 Å². The Morgan fingerprint density at radius 1 is 1.11 bits per heavy atom. The van der Waals surface area contributed by atoms with E-state index < -0.39 is 0 Å². The first-order valence-electron chi connectivity index (χ1n) is 8.74. The number of hydrogen-bond acceptors (Lipinski definition) is 4. The highest BCUT2D eigenvalue weighted by Crippen LogP contribution is 2.10. The number of aryl methyl sites for hydroxylation is 1. The molecule has 0 fully saturated rings. The molecule has 0 atom stereocenters. The Morgan fingerprint density at radius 3 is 2.78 bits per heavy atom. The van der Waals surface area contributed by atoms with Crippen molar-refractivity contribution in [1.29, 1.82) is 0 Å². The van der Waals surface area contributed by atoms with E-state index in [-0.39, 0.29) is 23.3 Å². The van der Waals surface area contributed by atoms with E-state index in [1.165, 1.54) is 11.8 Å². The molecule has 0 saturated carbocycles. The smallest absolute Gasteiger partial charge is 0.234 e. The number of rotatable bonds is 8. The summed E-state index contributed by atoms with van der Waals surface area (Å²) < 4.78 is 1.96. The Morgan fingerprint density at radius 2 is 1.96 bits per heavy atom. The van der Waals surface area contributed by atoms with Gasteiger partial charge in [-0.2, -0.15) is 0 Å². The van der Waals surface area contributed by atoms with E-state index >= 15 is 0 Å². The van der Waals surface area contributed by atoms with Crippen LogP contribution < -0.4 is 10.6 Å². The average Bonchev–Trinajstić information content (AvgIpc) is 3.04. The zero-order valence-corrected chi connectivity index (χ0v) is 16.0. The molecule has 0 spiro atoms. The molecule has 0 bridgehead atoms. The number of carbonyl (C=O) groups excluding carboxylic acids is 2. The van der Waals surface area contributed by atoms with Crippen LogP contribution in [0.15, 0.2) is 54.9 Å². The third-order valence-electron chi connectivity index (χ3n) is 3.89. The van der Waals surface area contributed by atoms with Crippen LogP contribution in [0, 0.1) is 6.92 Å². The molecule has 2 N–H and O–H groups in total. The van der Waals surface area contributed by atoms with Crippen molar-refractivity contribution in [2.24, 2.45) is 0 Å². The van der Waals surface area contributed by atoms with Crippen LogP contribution in [-0.2, 0) is 16.0 Å². The van der Waals surface area contributed by atoms with Crippen LogP contribution in [-0.4, -0.2) is 39.2 Å². The summed E-state index contributed by atoms with van der Waals surface area (Å²) in [6.45, 7) is 2.50. The third-order valence-corrected chi connectivity index (χ3v) is 4.82. The van der Waals surface area contributed by atoms with Crippen LogP contribution in [0.5, 0.6) is 0 Å². The van der Waals surface area contributed by atoms with E-state index in [0.717, 1.165) is 22.6 Å². The normalized spacial score (nSPS) is 10.7. The fourth-order valence-corrected chi connectivity index (χ4v) is 3.29. The molecular formula is C20H22N4O2S. The lowest BCUT2D eigenvalue weighted by atomic mass is 10.2. The number of benzene rings is 1. The highest BCUT2D eigenvalue weighted by atomic mass is 32.2. The van der Waals surface area contributed by atoms with E-state index in [1.807, 2.05) is 66.2 Å². The van der Waals surface area contributed by atoms with Crippen molar-refractivity contribution in [2.75, 3.05) is 23.4 Å². The molecule has 2 heterocycles. The molecule has 3 rings (SSSR count). The van der Waals surface area contributed by atoms with Crippen LogP contribution in [0.2, 0.25) is 0 Å². The zero-order valence-electron chi connectivity index (χ0n) is 15.1. The minimum absolute atomic E-state index is 0.0767. The number of aromatic nitrogens is 2. The number of nitrogens with one attached hydrogen (secondary N) is 2. The second-order valence-corrected chi connectivity index (χ2v) is 7.19. The van der Waals surface area contributed by atoms with Gasteiger partial charge in [0.2, 0.25) is 11.8 Å². The van der Waals surface area contributed by atoms with E-state index in [4.69, 9.17) is 0 Å². The molecule has 0 radical (unpaired) electrons. The first kappa shape index (κ1) is 19.0. The number of nitrogens with zero attached hydrogens (tertiary/aromatic N) is 2. The Kier molecular flexibility index (Phi) is 6.49. The second kappa shape index (κ2) is 9.23. The predicted molar refractivity (Wildman–Crippen MR) is 109 cm³/mol. The van der Waals surface area contributed by atoms with Crippen LogP contribution in [0.1, 0.15) is 11.3 Å². The van der Waals surface area contributed by atoms with Gasteiger partial charge in [0.25, 0.3) is 0 Å². The first-order chi connectivity index (χ1) is 13.1. The molecule has 0 unspecified atom stereocenters. The summed E-state index contributed by atoms with van der Waals surface area (Å²) in [7, 11) is 0. The molecule has 27 heavy (non-hydrogen) atoms. The first-order valence-corrected chi connectivity index (χ1v) is 9.89. The van der Waals surface area contributed by atoms with Crippen molar-refractivity contribution in [3.8, 4) is 0 Å². The highest BCUT2D eigenvalue weighted by molar-refractivity contribution is 8.00. The zero-order chi connectivity index (χ0) is 19.1. The Bertz CT molecular complexity index is 905. The van der Waals surface area contributed by atoms with Crippen molar-refractivity contribution >= 4 is 34.9 Å². The minimum atomic E-state index is -0.108. The van der Waals surface area contributed by atoms with Gasteiger partial charge in [0.15, 0.2) is 0 Å². The van der Waals surface area contributed by atoms with Crippen molar-refractivity contribution < 1.29 is 9.59 Å². The standard InChI is InChI=1S/C20H22N4O2S/c1-15-5-4-6-16(11-15)23-20(26)14-27-13-19(25)21-9-8-17-12-24-10-3-2-7-18(24)22-17/h2-7,10-12H,8-9,13-14H2,1H3,(H,21,25)(H,23,26). The summed E-state index contributed by atoms with van der Waals surface area (Å²) >= 11 is 1.30. The molecule has 0 aliphatic heterocycles. The number of amides is 2. The Hall–Kier alpha value is -2.80. The average molecular weight is 382 g/mol. The Labute approximate surface area is 162 Å². The number of imidazole rings is 1. The van der Waals surface area contributed by atoms with Gasteiger partial charge in [-0.25, -0.2) is 4.98 Å². The maximum Gasteiger partial charge on any atom is 0.234 e. The van der Waals surface area contributed by atoms with Crippen LogP contribution in [0.4, 0.5) is 5.69 Å². The van der Waals surface area contributed by atoms with Gasteiger partial charge in [0, 0.05) is 31.0 Å². The summed E-state index contributed by atoms with van der Waals surface area (Å²) in [6, 6.07) is 13.5. The van der Waals surface area contributed by atoms with E-state index in [0.29, 0.717) is 13.0 Å². The summed E-state index contributed by atoms with van der Waals surface area (Å²) in [4.78, 5) is 28.3. The fourth-order valence-electron chi connectivity index (χ4n) is 2.64. The molecular weight excluding hydrogens is 360 g/mol. The number of thioether (sulfide) groups is 1. The number of fused-ring (bicyclic) bond motifs is 1. The van der Waals surface area contributed by atoms with Gasteiger partial charge in [-0.15, -0.1) is 11.8 Å². The molecule has 140 valence electrons. The van der Waals surface area contributed by atoms with Crippen LogP contribution in [0.3, 0.4) is 0 Å². The van der Waals surface area contributed by atoms with Gasteiger partial charge in [0.1, 0.15) is 5.65 Å². The van der Waals surface area contributed by atoms with Gasteiger partial charge in [0.05, 0.1) is 17.2 Å². The van der Waals surface area contributed by atoms with Gasteiger partial charge >= 0.3 is 0 Å². The fraction of sp³-hybridized carbons (Fsp3) is 0.250. The SMILES string of the molecule is Cc1cccc(NC(=O)CSCC(=O)NCCc2cn3ccccc3n2)c1. The number of hydrogen-bond donors (Lipinski definition) is 2. The van der Waals surface area contributed by atoms with E-state index in [9.17, 15) is 9.59 Å². The van der Waals surface area contributed by atoms with Crippen molar-refractivity contribution in [1.82, 2.24) is 14.7 Å².